The molecule has 0 radical (unpaired) electrons. The van der Waals surface area contributed by atoms with E-state index in [4.69, 9.17) is 0 Å². The second kappa shape index (κ2) is 9.55. The lowest BCUT2D eigenvalue weighted by molar-refractivity contribution is -0.137. The third kappa shape index (κ3) is 5.55. The number of anilines is 2. The van der Waals surface area contributed by atoms with Crippen LogP contribution in [0.3, 0.4) is 0 Å². The van der Waals surface area contributed by atoms with Crippen LogP contribution in [0.2, 0.25) is 0 Å². The maximum absolute atomic E-state index is 12.8. The summed E-state index contributed by atoms with van der Waals surface area (Å²) in [4.78, 5) is 36.8. The number of hydrogen-bond donors (Lipinski definition) is 3. The summed E-state index contributed by atoms with van der Waals surface area (Å²) in [5, 5.41) is 8.42. The van der Waals surface area contributed by atoms with E-state index in [1.807, 2.05) is 0 Å². The molecule has 0 saturated heterocycles. The molecule has 0 spiro atoms. The molecule has 0 atom stereocenters. The zero-order chi connectivity index (χ0) is 23.4. The number of rotatable bonds is 5. The summed E-state index contributed by atoms with van der Waals surface area (Å²) in [6, 6.07) is 15.1. The second-order valence-corrected chi connectivity index (χ2v) is 9.50. The molecule has 3 amide bonds. The molecule has 6 heteroatoms. The molecule has 1 aliphatic rings. The Labute approximate surface area is 190 Å². The molecule has 2 aromatic rings. The van der Waals surface area contributed by atoms with Crippen molar-refractivity contribution in [1.82, 2.24) is 5.32 Å². The highest BCUT2D eigenvalue weighted by Crippen LogP contribution is 2.39. The zero-order valence-corrected chi connectivity index (χ0v) is 19.4. The molecular weight excluding hydrogens is 402 g/mol. The molecule has 32 heavy (non-hydrogen) atoms. The van der Waals surface area contributed by atoms with Crippen LogP contribution in [-0.4, -0.2) is 17.7 Å². The highest BCUT2D eigenvalue weighted by Gasteiger charge is 2.38. The van der Waals surface area contributed by atoms with Gasteiger partial charge in [0, 0.05) is 17.8 Å². The Balaban J connectivity index is 1.68. The van der Waals surface area contributed by atoms with Crippen molar-refractivity contribution in [2.45, 2.75) is 70.8 Å². The van der Waals surface area contributed by atoms with Crippen molar-refractivity contribution < 1.29 is 14.4 Å². The smallest absolute Gasteiger partial charge is 0.313 e. The van der Waals surface area contributed by atoms with E-state index in [0.717, 1.165) is 31.2 Å². The number of carbonyl (C=O) groups excluding carboxylic acids is 3. The molecule has 0 aliphatic heterocycles. The summed E-state index contributed by atoms with van der Waals surface area (Å²) in [6.07, 6.45) is 4.03. The van der Waals surface area contributed by atoms with E-state index in [-0.39, 0.29) is 11.3 Å². The predicted molar refractivity (Wildman–Crippen MR) is 127 cm³/mol. The number of amides is 3. The number of hydrogen-bond acceptors (Lipinski definition) is 3. The van der Waals surface area contributed by atoms with Crippen LogP contribution in [0.5, 0.6) is 0 Å². The average molecular weight is 436 g/mol. The highest BCUT2D eigenvalue weighted by molar-refractivity contribution is 6.39. The molecule has 0 heterocycles. The lowest BCUT2D eigenvalue weighted by Gasteiger charge is -2.31. The van der Waals surface area contributed by atoms with Crippen molar-refractivity contribution in [2.24, 2.45) is 0 Å². The van der Waals surface area contributed by atoms with Crippen molar-refractivity contribution in [3.05, 3.63) is 59.7 Å². The van der Waals surface area contributed by atoms with Gasteiger partial charge in [-0.15, -0.1) is 0 Å². The molecule has 2 aromatic carbocycles. The average Bonchev–Trinajstić information content (AvgIpc) is 3.24. The Hall–Kier alpha value is -3.15. The van der Waals surface area contributed by atoms with Crippen molar-refractivity contribution in [3.63, 3.8) is 0 Å². The molecule has 1 saturated carbocycles. The fourth-order valence-corrected chi connectivity index (χ4v) is 4.10. The minimum Gasteiger partial charge on any atom is -0.338 e. The van der Waals surface area contributed by atoms with Gasteiger partial charge in [-0.25, -0.2) is 0 Å². The van der Waals surface area contributed by atoms with E-state index in [0.29, 0.717) is 17.8 Å². The van der Waals surface area contributed by atoms with E-state index in [9.17, 15) is 14.4 Å². The monoisotopic (exact) mass is 435 g/mol. The Morgan fingerprint density at radius 2 is 1.34 bits per heavy atom. The van der Waals surface area contributed by atoms with Gasteiger partial charge < -0.3 is 16.0 Å². The van der Waals surface area contributed by atoms with Crippen LogP contribution in [0.15, 0.2) is 48.5 Å². The van der Waals surface area contributed by atoms with Crippen LogP contribution in [-0.2, 0) is 25.3 Å². The first-order valence-corrected chi connectivity index (χ1v) is 11.3. The normalized spacial score (nSPS) is 15.1. The lowest BCUT2D eigenvalue weighted by Crippen LogP contribution is -2.48. The van der Waals surface area contributed by atoms with Gasteiger partial charge in [0.1, 0.15) is 0 Å². The topological polar surface area (TPSA) is 87.3 Å². The summed E-state index contributed by atoms with van der Waals surface area (Å²) >= 11 is 0. The SMILES string of the molecule is CCC(=O)Nc1ccc(NC(=O)C(=O)NC2(c3ccc(C(C)(C)C)cc3)CCCC2)cc1. The fourth-order valence-electron chi connectivity index (χ4n) is 4.10. The van der Waals surface area contributed by atoms with Gasteiger partial charge in [0.05, 0.1) is 5.54 Å². The van der Waals surface area contributed by atoms with Gasteiger partial charge in [-0.05, 0) is 53.6 Å². The first-order valence-electron chi connectivity index (χ1n) is 11.3. The Kier molecular flexibility index (Phi) is 7.02. The van der Waals surface area contributed by atoms with Crippen LogP contribution in [0.4, 0.5) is 11.4 Å². The largest absolute Gasteiger partial charge is 0.338 e. The third-order valence-electron chi connectivity index (χ3n) is 6.07. The minimum atomic E-state index is -0.701. The van der Waals surface area contributed by atoms with Gasteiger partial charge in [0.25, 0.3) is 0 Å². The summed E-state index contributed by atoms with van der Waals surface area (Å²) < 4.78 is 0. The molecule has 170 valence electrons. The van der Waals surface area contributed by atoms with Crippen LogP contribution in [0.25, 0.3) is 0 Å². The van der Waals surface area contributed by atoms with E-state index in [1.54, 1.807) is 31.2 Å². The first-order chi connectivity index (χ1) is 15.1. The maximum Gasteiger partial charge on any atom is 0.313 e. The highest BCUT2D eigenvalue weighted by atomic mass is 16.2. The van der Waals surface area contributed by atoms with Crippen molar-refractivity contribution in [2.75, 3.05) is 10.6 Å². The summed E-state index contributed by atoms with van der Waals surface area (Å²) in [7, 11) is 0. The lowest BCUT2D eigenvalue weighted by atomic mass is 9.83. The van der Waals surface area contributed by atoms with E-state index in [2.05, 4.69) is 61.0 Å². The summed E-state index contributed by atoms with van der Waals surface area (Å²) in [5.41, 5.74) is 2.95. The molecular formula is C26H33N3O3. The number of benzene rings is 2. The van der Waals surface area contributed by atoms with Gasteiger partial charge in [0.2, 0.25) is 5.91 Å². The number of carbonyl (C=O) groups is 3. The van der Waals surface area contributed by atoms with Gasteiger partial charge in [-0.1, -0.05) is 64.8 Å². The predicted octanol–water partition coefficient (Wildman–Crippen LogP) is 4.86. The van der Waals surface area contributed by atoms with Gasteiger partial charge >= 0.3 is 11.8 Å². The van der Waals surface area contributed by atoms with Crippen molar-refractivity contribution >= 4 is 29.1 Å². The molecule has 0 unspecified atom stereocenters. The Bertz CT molecular complexity index is 967. The fraction of sp³-hybridized carbons (Fsp3) is 0.423. The second-order valence-electron chi connectivity index (χ2n) is 9.50. The first kappa shape index (κ1) is 23.5. The van der Waals surface area contributed by atoms with Crippen LogP contribution in [0.1, 0.15) is 70.9 Å². The minimum absolute atomic E-state index is 0.0550. The van der Waals surface area contributed by atoms with Gasteiger partial charge in [0.15, 0.2) is 0 Å². The van der Waals surface area contributed by atoms with E-state index < -0.39 is 17.4 Å². The number of nitrogens with one attached hydrogen (secondary N) is 3. The van der Waals surface area contributed by atoms with E-state index in [1.165, 1.54) is 5.56 Å². The zero-order valence-electron chi connectivity index (χ0n) is 19.4. The van der Waals surface area contributed by atoms with Gasteiger partial charge in [-0.2, -0.15) is 0 Å². The molecule has 0 aromatic heterocycles. The van der Waals surface area contributed by atoms with E-state index >= 15 is 0 Å². The molecule has 1 fully saturated rings. The maximum atomic E-state index is 12.8. The standard InChI is InChI=1S/C26H33N3O3/c1-5-22(30)27-20-12-14-21(15-13-20)28-23(31)24(32)29-26(16-6-7-17-26)19-10-8-18(9-11-19)25(2,3)4/h8-15H,5-7,16-17H2,1-4H3,(H,27,30)(H,28,31)(H,29,32). The quantitative estimate of drug-likeness (QED) is 0.586. The van der Waals surface area contributed by atoms with Gasteiger partial charge in [-0.3, -0.25) is 14.4 Å². The van der Waals surface area contributed by atoms with Crippen LogP contribution < -0.4 is 16.0 Å². The summed E-state index contributed by atoms with van der Waals surface area (Å²) in [5.74, 6) is -1.43. The Morgan fingerprint density at radius 3 is 1.84 bits per heavy atom. The van der Waals surface area contributed by atoms with Crippen molar-refractivity contribution in [1.29, 1.82) is 0 Å². The third-order valence-corrected chi connectivity index (χ3v) is 6.07. The molecule has 0 bridgehead atoms. The summed E-state index contributed by atoms with van der Waals surface area (Å²) in [6.45, 7) is 8.29. The Morgan fingerprint density at radius 1 is 0.812 bits per heavy atom. The van der Waals surface area contributed by atoms with Crippen molar-refractivity contribution in [3.8, 4) is 0 Å². The molecule has 6 nitrogen and oxygen atoms in total. The molecule has 3 rings (SSSR count). The molecule has 3 N–H and O–H groups in total. The van der Waals surface area contributed by atoms with Crippen LogP contribution in [0, 0.1) is 0 Å². The van der Waals surface area contributed by atoms with Crippen LogP contribution >= 0.6 is 0 Å². The molecule has 1 aliphatic carbocycles.